The minimum atomic E-state index is -0.162. The number of nitrogens with zero attached hydrogens (tertiary/aromatic N) is 2. The van der Waals surface area contributed by atoms with E-state index in [-0.39, 0.29) is 11.2 Å². The first-order chi connectivity index (χ1) is 9.89. The molecule has 0 fully saturated rings. The van der Waals surface area contributed by atoms with Gasteiger partial charge in [-0.05, 0) is 23.1 Å². The van der Waals surface area contributed by atoms with Crippen LogP contribution in [0.1, 0.15) is 26.3 Å². The molecule has 5 heteroatoms. The maximum atomic E-state index is 10.7. The van der Waals surface area contributed by atoms with Gasteiger partial charge < -0.3 is 5.11 Å². The van der Waals surface area contributed by atoms with E-state index in [9.17, 15) is 5.11 Å². The van der Waals surface area contributed by atoms with Gasteiger partial charge in [0.25, 0.3) is 0 Å². The van der Waals surface area contributed by atoms with Gasteiger partial charge in [-0.1, -0.05) is 50.6 Å². The normalized spacial score (nSPS) is 12.0. The van der Waals surface area contributed by atoms with Crippen molar-refractivity contribution in [2.75, 3.05) is 0 Å². The number of hydrogen-bond acceptors (Lipinski definition) is 3. The Labute approximate surface area is 127 Å². The molecule has 0 aliphatic heterocycles. The number of H-pyrrole nitrogens is 1. The maximum Gasteiger partial charge on any atom is 0.127 e. The van der Waals surface area contributed by atoms with Gasteiger partial charge in [0, 0.05) is 11.1 Å². The standard InChI is InChI=1S/C16H16ClN3O/c1-16(2,3)10-6-4-5-9(15(10)21)13-11(17)7-8-12-14(13)19-20-18-12/h4-8,21H,1-3H3,(H,18,19,20). The third-order valence-electron chi connectivity index (χ3n) is 3.55. The van der Waals surface area contributed by atoms with Crippen LogP contribution in [0.2, 0.25) is 5.02 Å². The zero-order valence-corrected chi connectivity index (χ0v) is 12.9. The third kappa shape index (κ3) is 2.25. The number of nitrogens with one attached hydrogen (secondary N) is 1. The van der Waals surface area contributed by atoms with Crippen LogP contribution in [0.4, 0.5) is 0 Å². The second-order valence-corrected chi connectivity index (χ2v) is 6.47. The van der Waals surface area contributed by atoms with Crippen LogP contribution in [0, 0.1) is 0 Å². The number of para-hydroxylation sites is 1. The molecule has 2 aromatic carbocycles. The highest BCUT2D eigenvalue weighted by molar-refractivity contribution is 6.35. The molecule has 3 aromatic rings. The van der Waals surface area contributed by atoms with Crippen LogP contribution in [-0.4, -0.2) is 20.5 Å². The van der Waals surface area contributed by atoms with Crippen LogP contribution in [0.5, 0.6) is 5.75 Å². The van der Waals surface area contributed by atoms with E-state index < -0.39 is 0 Å². The zero-order chi connectivity index (χ0) is 15.2. The Morgan fingerprint density at radius 3 is 2.57 bits per heavy atom. The summed E-state index contributed by atoms with van der Waals surface area (Å²) in [5, 5.41) is 22.0. The lowest BCUT2D eigenvalue weighted by atomic mass is 9.84. The number of phenols is 1. The van der Waals surface area contributed by atoms with E-state index in [1.54, 1.807) is 12.1 Å². The first kappa shape index (κ1) is 13.9. The highest BCUT2D eigenvalue weighted by atomic mass is 35.5. The molecule has 0 amide bonds. The first-order valence-electron chi connectivity index (χ1n) is 6.71. The highest BCUT2D eigenvalue weighted by Crippen LogP contribution is 2.42. The van der Waals surface area contributed by atoms with Crippen molar-refractivity contribution in [3.05, 3.63) is 40.9 Å². The van der Waals surface area contributed by atoms with Gasteiger partial charge in [-0.25, -0.2) is 0 Å². The maximum absolute atomic E-state index is 10.7. The molecule has 0 saturated carbocycles. The molecule has 0 radical (unpaired) electrons. The van der Waals surface area contributed by atoms with E-state index in [0.29, 0.717) is 21.7 Å². The molecule has 0 aliphatic carbocycles. The predicted octanol–water partition coefficient (Wildman–Crippen LogP) is 4.28. The number of aromatic hydroxyl groups is 1. The van der Waals surface area contributed by atoms with E-state index in [0.717, 1.165) is 11.1 Å². The molecule has 4 nitrogen and oxygen atoms in total. The van der Waals surface area contributed by atoms with Gasteiger partial charge in [0.05, 0.1) is 5.02 Å². The van der Waals surface area contributed by atoms with Crippen LogP contribution in [0.3, 0.4) is 0 Å². The van der Waals surface area contributed by atoms with Gasteiger partial charge in [0.15, 0.2) is 0 Å². The first-order valence-corrected chi connectivity index (χ1v) is 7.09. The lowest BCUT2D eigenvalue weighted by Crippen LogP contribution is -2.11. The number of halogens is 1. The van der Waals surface area contributed by atoms with Crippen LogP contribution in [0.15, 0.2) is 30.3 Å². The minimum Gasteiger partial charge on any atom is -0.507 e. The Hall–Kier alpha value is -2.07. The number of hydrogen-bond donors (Lipinski definition) is 2. The quantitative estimate of drug-likeness (QED) is 0.705. The van der Waals surface area contributed by atoms with Crippen molar-refractivity contribution in [3.8, 4) is 16.9 Å². The largest absolute Gasteiger partial charge is 0.507 e. The highest BCUT2D eigenvalue weighted by Gasteiger charge is 2.22. The van der Waals surface area contributed by atoms with Crippen molar-refractivity contribution >= 4 is 22.6 Å². The predicted molar refractivity (Wildman–Crippen MR) is 84.7 cm³/mol. The van der Waals surface area contributed by atoms with Crippen LogP contribution in [0.25, 0.3) is 22.2 Å². The molecule has 0 atom stereocenters. The van der Waals surface area contributed by atoms with Crippen molar-refractivity contribution in [2.24, 2.45) is 0 Å². The molecule has 0 bridgehead atoms. The summed E-state index contributed by atoms with van der Waals surface area (Å²) in [5.41, 5.74) is 3.46. The number of rotatable bonds is 1. The fourth-order valence-electron chi connectivity index (χ4n) is 2.49. The van der Waals surface area contributed by atoms with Crippen LogP contribution in [-0.2, 0) is 5.41 Å². The molecule has 2 N–H and O–H groups in total. The van der Waals surface area contributed by atoms with Crippen molar-refractivity contribution in [1.82, 2.24) is 15.4 Å². The molecular weight excluding hydrogens is 286 g/mol. The van der Waals surface area contributed by atoms with Gasteiger partial charge in [0.1, 0.15) is 16.8 Å². The van der Waals surface area contributed by atoms with Crippen LogP contribution >= 0.6 is 11.6 Å². The van der Waals surface area contributed by atoms with Gasteiger partial charge in [-0.3, -0.25) is 0 Å². The monoisotopic (exact) mass is 301 g/mol. The molecule has 0 spiro atoms. The average Bonchev–Trinajstić information content (AvgIpc) is 2.86. The number of aromatic nitrogens is 3. The van der Waals surface area contributed by atoms with E-state index in [4.69, 9.17) is 11.6 Å². The molecule has 1 heterocycles. The van der Waals surface area contributed by atoms with E-state index in [2.05, 4.69) is 36.2 Å². The Balaban J connectivity index is 2.34. The molecule has 108 valence electrons. The van der Waals surface area contributed by atoms with Gasteiger partial charge in [-0.2, -0.15) is 15.4 Å². The number of fused-ring (bicyclic) bond motifs is 1. The summed E-state index contributed by atoms with van der Waals surface area (Å²) in [6.07, 6.45) is 0. The number of benzene rings is 2. The number of phenolic OH excluding ortho intramolecular Hbond substituents is 1. The molecule has 1 aromatic heterocycles. The smallest absolute Gasteiger partial charge is 0.127 e. The molecule has 0 aliphatic rings. The Morgan fingerprint density at radius 2 is 1.86 bits per heavy atom. The summed E-state index contributed by atoms with van der Waals surface area (Å²) >= 11 is 6.34. The average molecular weight is 302 g/mol. The summed E-state index contributed by atoms with van der Waals surface area (Å²) in [6, 6.07) is 9.26. The molecule has 3 rings (SSSR count). The van der Waals surface area contributed by atoms with Gasteiger partial charge >= 0.3 is 0 Å². The summed E-state index contributed by atoms with van der Waals surface area (Å²) in [5.74, 6) is 0.238. The minimum absolute atomic E-state index is 0.162. The lowest BCUT2D eigenvalue weighted by Gasteiger charge is -2.22. The van der Waals surface area contributed by atoms with Crippen molar-refractivity contribution in [3.63, 3.8) is 0 Å². The topological polar surface area (TPSA) is 61.8 Å². The SMILES string of the molecule is CC(C)(C)c1cccc(-c2c(Cl)ccc3n[nH]nc23)c1O. The van der Waals surface area contributed by atoms with Gasteiger partial charge in [0.2, 0.25) is 0 Å². The van der Waals surface area contributed by atoms with Crippen LogP contribution < -0.4 is 0 Å². The molecule has 21 heavy (non-hydrogen) atoms. The van der Waals surface area contributed by atoms with E-state index >= 15 is 0 Å². The summed E-state index contributed by atoms with van der Waals surface area (Å²) in [4.78, 5) is 0. The van der Waals surface area contributed by atoms with Crippen molar-refractivity contribution in [1.29, 1.82) is 0 Å². The Kier molecular flexibility index (Phi) is 3.14. The summed E-state index contributed by atoms with van der Waals surface area (Å²) < 4.78 is 0. The summed E-state index contributed by atoms with van der Waals surface area (Å²) in [6.45, 7) is 6.18. The summed E-state index contributed by atoms with van der Waals surface area (Å²) in [7, 11) is 0. The lowest BCUT2D eigenvalue weighted by molar-refractivity contribution is 0.448. The third-order valence-corrected chi connectivity index (χ3v) is 3.87. The van der Waals surface area contributed by atoms with Crippen molar-refractivity contribution < 1.29 is 5.11 Å². The second-order valence-electron chi connectivity index (χ2n) is 6.07. The van der Waals surface area contributed by atoms with E-state index in [1.807, 2.05) is 18.2 Å². The molecular formula is C16H16ClN3O. The zero-order valence-electron chi connectivity index (χ0n) is 12.1. The molecule has 0 saturated heterocycles. The Bertz CT molecular complexity index is 818. The van der Waals surface area contributed by atoms with Crippen molar-refractivity contribution in [2.45, 2.75) is 26.2 Å². The Morgan fingerprint density at radius 1 is 1.10 bits per heavy atom. The van der Waals surface area contributed by atoms with E-state index in [1.165, 1.54) is 0 Å². The fraction of sp³-hybridized carbons (Fsp3) is 0.250. The molecule has 0 unspecified atom stereocenters. The fourth-order valence-corrected chi connectivity index (χ4v) is 2.75. The van der Waals surface area contributed by atoms with Gasteiger partial charge in [-0.15, -0.1) is 0 Å². The number of aromatic amines is 1. The second kappa shape index (κ2) is 4.74.